The van der Waals surface area contributed by atoms with Crippen LogP contribution >= 0.6 is 0 Å². The van der Waals surface area contributed by atoms with Crippen molar-refractivity contribution in [2.24, 2.45) is 5.92 Å². The van der Waals surface area contributed by atoms with Crippen LogP contribution in [-0.2, 0) is 11.3 Å². The highest BCUT2D eigenvalue weighted by atomic mass is 16.5. The minimum absolute atomic E-state index is 0.222. The monoisotopic (exact) mass is 343 g/mol. The lowest BCUT2D eigenvalue weighted by atomic mass is 9.94. The first-order valence-corrected chi connectivity index (χ1v) is 9.10. The fraction of sp³-hybridized carbons (Fsp3) is 0.579. The summed E-state index contributed by atoms with van der Waals surface area (Å²) < 4.78 is 11.2. The first kappa shape index (κ1) is 16.7. The number of aliphatic hydroxyl groups is 1. The third-order valence-electron chi connectivity index (χ3n) is 5.39. The normalized spacial score (nSPS) is 27.7. The summed E-state index contributed by atoms with van der Waals surface area (Å²) in [6.45, 7) is 4.86. The highest BCUT2D eigenvalue weighted by Crippen LogP contribution is 2.32. The number of ether oxygens (including phenoxy) is 1. The Morgan fingerprint density at radius 3 is 3.04 bits per heavy atom. The maximum Gasteiger partial charge on any atom is 0.241 e. The average molecular weight is 343 g/mol. The van der Waals surface area contributed by atoms with Crippen LogP contribution in [0.15, 0.2) is 28.8 Å². The average Bonchev–Trinajstić information content (AvgIpc) is 3.25. The van der Waals surface area contributed by atoms with E-state index in [1.807, 2.05) is 12.1 Å². The van der Waals surface area contributed by atoms with Gasteiger partial charge in [0.1, 0.15) is 0 Å². The van der Waals surface area contributed by atoms with Gasteiger partial charge in [-0.05, 0) is 25.8 Å². The molecule has 1 saturated heterocycles. The summed E-state index contributed by atoms with van der Waals surface area (Å²) in [6, 6.07) is 8.32. The van der Waals surface area contributed by atoms with Gasteiger partial charge in [-0.15, -0.1) is 0 Å². The van der Waals surface area contributed by atoms with E-state index in [0.29, 0.717) is 31.5 Å². The van der Waals surface area contributed by atoms with E-state index in [2.05, 4.69) is 34.1 Å². The maximum absolute atomic E-state index is 10.3. The molecule has 0 spiro atoms. The molecule has 2 aliphatic rings. The Hall–Kier alpha value is -1.76. The number of aliphatic hydroxyl groups excluding tert-OH is 1. The molecule has 6 heteroatoms. The second-order valence-electron chi connectivity index (χ2n) is 7.16. The third kappa shape index (κ3) is 3.61. The predicted molar refractivity (Wildman–Crippen MR) is 92.8 cm³/mol. The molecule has 3 atom stereocenters. The highest BCUT2D eigenvalue weighted by molar-refractivity contribution is 5.55. The molecule has 134 valence electrons. The molecule has 2 heterocycles. The van der Waals surface area contributed by atoms with Crippen LogP contribution < -0.4 is 0 Å². The molecule has 25 heavy (non-hydrogen) atoms. The number of benzene rings is 1. The molecule has 1 aliphatic heterocycles. The van der Waals surface area contributed by atoms with Crippen LogP contribution in [0.1, 0.15) is 30.7 Å². The molecular weight excluding hydrogens is 318 g/mol. The maximum atomic E-state index is 10.3. The van der Waals surface area contributed by atoms with Crippen molar-refractivity contribution in [3.8, 4) is 11.4 Å². The number of hydrogen-bond donors (Lipinski definition) is 1. The van der Waals surface area contributed by atoms with Crippen molar-refractivity contribution >= 4 is 0 Å². The van der Waals surface area contributed by atoms with Crippen LogP contribution in [0.2, 0.25) is 0 Å². The molecule has 1 saturated carbocycles. The van der Waals surface area contributed by atoms with E-state index in [1.165, 1.54) is 5.56 Å². The van der Waals surface area contributed by atoms with Gasteiger partial charge >= 0.3 is 0 Å². The summed E-state index contributed by atoms with van der Waals surface area (Å²) in [5, 5.41) is 14.4. The van der Waals surface area contributed by atoms with Crippen molar-refractivity contribution in [3.63, 3.8) is 0 Å². The van der Waals surface area contributed by atoms with Gasteiger partial charge in [0.05, 0.1) is 25.9 Å². The molecule has 4 rings (SSSR count). The van der Waals surface area contributed by atoms with Gasteiger partial charge in [-0.1, -0.05) is 35.3 Å². The first-order valence-electron chi connectivity index (χ1n) is 9.10. The van der Waals surface area contributed by atoms with Crippen molar-refractivity contribution in [1.82, 2.24) is 15.0 Å². The molecule has 2 aromatic rings. The van der Waals surface area contributed by atoms with E-state index in [4.69, 9.17) is 9.26 Å². The van der Waals surface area contributed by atoms with Crippen molar-refractivity contribution in [3.05, 3.63) is 35.7 Å². The fourth-order valence-corrected chi connectivity index (χ4v) is 4.06. The second-order valence-corrected chi connectivity index (χ2v) is 7.16. The Morgan fingerprint density at radius 1 is 1.32 bits per heavy atom. The van der Waals surface area contributed by atoms with Crippen LogP contribution in [-0.4, -0.2) is 52.1 Å². The number of rotatable bonds is 4. The van der Waals surface area contributed by atoms with Gasteiger partial charge < -0.3 is 14.4 Å². The van der Waals surface area contributed by atoms with Gasteiger partial charge in [-0.25, -0.2) is 0 Å². The number of nitrogens with zero attached hydrogens (tertiary/aromatic N) is 3. The van der Waals surface area contributed by atoms with Gasteiger partial charge in [0.2, 0.25) is 11.7 Å². The molecule has 1 aromatic carbocycles. The summed E-state index contributed by atoms with van der Waals surface area (Å²) >= 11 is 0. The molecule has 1 aromatic heterocycles. The Kier molecular flexibility index (Phi) is 4.83. The molecule has 2 fully saturated rings. The SMILES string of the molecule is Cc1cccc(-c2noc(CN3CCOCC3C3CCCC3O)n2)c1. The van der Waals surface area contributed by atoms with Gasteiger partial charge in [-0.3, -0.25) is 4.90 Å². The molecule has 3 unspecified atom stereocenters. The van der Waals surface area contributed by atoms with Crippen LogP contribution in [0.4, 0.5) is 0 Å². The van der Waals surface area contributed by atoms with E-state index >= 15 is 0 Å². The first-order chi connectivity index (χ1) is 12.2. The summed E-state index contributed by atoms with van der Waals surface area (Å²) in [5.74, 6) is 1.53. The van der Waals surface area contributed by atoms with Gasteiger partial charge in [0.15, 0.2) is 0 Å². The Morgan fingerprint density at radius 2 is 2.24 bits per heavy atom. The van der Waals surface area contributed by atoms with E-state index in [9.17, 15) is 5.11 Å². The van der Waals surface area contributed by atoms with Crippen molar-refractivity contribution in [2.45, 2.75) is 44.9 Å². The summed E-state index contributed by atoms with van der Waals surface area (Å²) in [4.78, 5) is 6.90. The van der Waals surface area contributed by atoms with Gasteiger partial charge in [0.25, 0.3) is 0 Å². The molecule has 1 N–H and O–H groups in total. The topological polar surface area (TPSA) is 71.6 Å². The lowest BCUT2D eigenvalue weighted by Crippen LogP contribution is -2.50. The van der Waals surface area contributed by atoms with Crippen molar-refractivity contribution in [1.29, 1.82) is 0 Å². The molecular formula is C19H25N3O3. The smallest absolute Gasteiger partial charge is 0.241 e. The Balaban J connectivity index is 1.49. The molecule has 0 bridgehead atoms. The molecule has 0 amide bonds. The Labute approximate surface area is 147 Å². The number of morpholine rings is 1. The predicted octanol–water partition coefficient (Wildman–Crippen LogP) is 2.41. The standard InChI is InChI=1S/C19H25N3O3/c1-13-4-2-5-14(10-13)19-20-18(25-21-19)11-22-8-9-24-12-16(22)15-6-3-7-17(15)23/h2,4-5,10,15-17,23H,3,6-9,11-12H2,1H3. The van der Waals surface area contributed by atoms with Crippen LogP contribution in [0.5, 0.6) is 0 Å². The summed E-state index contributed by atoms with van der Waals surface area (Å²) in [7, 11) is 0. The third-order valence-corrected chi connectivity index (χ3v) is 5.39. The van der Waals surface area contributed by atoms with Crippen molar-refractivity contribution < 1.29 is 14.4 Å². The number of aryl methyl sites for hydroxylation is 1. The minimum atomic E-state index is -0.222. The van der Waals surface area contributed by atoms with Gasteiger partial charge in [0, 0.05) is 24.1 Å². The molecule has 0 radical (unpaired) electrons. The zero-order valence-electron chi connectivity index (χ0n) is 14.6. The van der Waals surface area contributed by atoms with E-state index in [1.54, 1.807) is 0 Å². The van der Waals surface area contributed by atoms with E-state index in [-0.39, 0.29) is 18.1 Å². The molecule has 6 nitrogen and oxygen atoms in total. The number of aromatic nitrogens is 2. The number of hydrogen-bond acceptors (Lipinski definition) is 6. The van der Waals surface area contributed by atoms with E-state index in [0.717, 1.165) is 31.4 Å². The summed E-state index contributed by atoms with van der Waals surface area (Å²) in [5.41, 5.74) is 2.15. The highest BCUT2D eigenvalue weighted by Gasteiger charge is 2.38. The van der Waals surface area contributed by atoms with Crippen LogP contribution in [0.3, 0.4) is 0 Å². The zero-order chi connectivity index (χ0) is 17.2. The Bertz CT molecular complexity index is 717. The van der Waals surface area contributed by atoms with Crippen molar-refractivity contribution in [2.75, 3.05) is 19.8 Å². The van der Waals surface area contributed by atoms with Crippen LogP contribution in [0, 0.1) is 12.8 Å². The van der Waals surface area contributed by atoms with Crippen LogP contribution in [0.25, 0.3) is 11.4 Å². The summed E-state index contributed by atoms with van der Waals surface area (Å²) in [6.07, 6.45) is 2.82. The van der Waals surface area contributed by atoms with E-state index < -0.39 is 0 Å². The quantitative estimate of drug-likeness (QED) is 0.919. The molecule has 1 aliphatic carbocycles. The largest absolute Gasteiger partial charge is 0.393 e. The minimum Gasteiger partial charge on any atom is -0.393 e. The lowest BCUT2D eigenvalue weighted by molar-refractivity contribution is -0.0567. The zero-order valence-corrected chi connectivity index (χ0v) is 14.6. The second kappa shape index (κ2) is 7.23. The van der Waals surface area contributed by atoms with Gasteiger partial charge in [-0.2, -0.15) is 4.98 Å². The fourth-order valence-electron chi connectivity index (χ4n) is 4.06. The lowest BCUT2D eigenvalue weighted by Gasteiger charge is -2.39.